The summed E-state index contributed by atoms with van der Waals surface area (Å²) in [5.41, 5.74) is 2.39. The van der Waals surface area contributed by atoms with Gasteiger partial charge >= 0.3 is 0 Å². The molecule has 0 bridgehead atoms. The lowest BCUT2D eigenvalue weighted by molar-refractivity contribution is 0.146. The Labute approximate surface area is 245 Å². The van der Waals surface area contributed by atoms with Crippen LogP contribution >= 0.6 is 0 Å². The van der Waals surface area contributed by atoms with E-state index in [-0.39, 0.29) is 6.10 Å². The third-order valence-corrected chi connectivity index (χ3v) is 8.49. The molecule has 1 unspecified atom stereocenters. The van der Waals surface area contributed by atoms with Crippen molar-refractivity contribution >= 4 is 49.2 Å². The fourth-order valence-electron chi connectivity index (χ4n) is 6.74. The zero-order chi connectivity index (χ0) is 28.3. The van der Waals surface area contributed by atoms with Crippen molar-refractivity contribution in [2.45, 2.75) is 25.6 Å². The summed E-state index contributed by atoms with van der Waals surface area (Å²) in [5, 5.41) is 9.61. The summed E-state index contributed by atoms with van der Waals surface area (Å²) in [6.07, 6.45) is 4.50. The van der Waals surface area contributed by atoms with E-state index in [2.05, 4.69) is 153 Å². The van der Waals surface area contributed by atoms with Crippen molar-refractivity contribution < 1.29 is 9.47 Å². The molecule has 1 aliphatic rings. The minimum atomic E-state index is -0.843. The summed E-state index contributed by atoms with van der Waals surface area (Å²) in [5.74, 6) is 1.54. The van der Waals surface area contributed by atoms with Crippen LogP contribution < -0.4 is 9.47 Å². The molecular weight excluding hydrogens is 512 g/mol. The highest BCUT2D eigenvalue weighted by Gasteiger charge is 2.40. The minimum absolute atomic E-state index is 0.0172. The van der Waals surface area contributed by atoms with Crippen LogP contribution in [0.15, 0.2) is 133 Å². The van der Waals surface area contributed by atoms with E-state index in [1.54, 1.807) is 0 Å². The molecule has 8 rings (SSSR count). The van der Waals surface area contributed by atoms with Crippen molar-refractivity contribution in [3.8, 4) is 11.5 Å². The summed E-state index contributed by atoms with van der Waals surface area (Å²) in [7, 11) is 0. The maximum Gasteiger partial charge on any atom is 0.178 e. The van der Waals surface area contributed by atoms with E-state index in [4.69, 9.17) is 9.47 Å². The molecule has 0 fully saturated rings. The van der Waals surface area contributed by atoms with E-state index in [1.807, 2.05) is 0 Å². The highest BCUT2D eigenvalue weighted by Crippen LogP contribution is 2.52. The molecular formula is C40H30O2. The maximum atomic E-state index is 7.39. The lowest BCUT2D eigenvalue weighted by Crippen LogP contribution is -2.35. The largest absolute Gasteiger partial charge is 0.487 e. The van der Waals surface area contributed by atoms with Crippen molar-refractivity contribution in [1.82, 2.24) is 0 Å². The smallest absolute Gasteiger partial charge is 0.178 e. The third-order valence-electron chi connectivity index (χ3n) is 8.49. The molecule has 0 aliphatic carbocycles. The first kappa shape index (κ1) is 24.7. The molecule has 0 spiro atoms. The second-order valence-corrected chi connectivity index (χ2v) is 11.4. The SMILES string of the molecule is CC(C)Oc1cc2c3ccccc3c3ccccc3c2c2c1OC(c1ccccc1)(c1cccc3ccccc13)C=C2. The van der Waals surface area contributed by atoms with E-state index in [0.717, 1.165) is 28.2 Å². The molecule has 0 amide bonds. The summed E-state index contributed by atoms with van der Waals surface area (Å²) in [4.78, 5) is 0. The van der Waals surface area contributed by atoms with Crippen LogP contribution in [0.5, 0.6) is 11.5 Å². The molecule has 0 N–H and O–H groups in total. The van der Waals surface area contributed by atoms with Crippen LogP contribution in [0.1, 0.15) is 30.5 Å². The van der Waals surface area contributed by atoms with E-state index in [1.165, 1.54) is 43.1 Å². The van der Waals surface area contributed by atoms with Crippen LogP contribution in [0.4, 0.5) is 0 Å². The first-order valence-electron chi connectivity index (χ1n) is 14.6. The van der Waals surface area contributed by atoms with Crippen LogP contribution in [-0.2, 0) is 5.60 Å². The number of hydrogen-bond acceptors (Lipinski definition) is 2. The molecule has 0 saturated heterocycles. The molecule has 2 heteroatoms. The van der Waals surface area contributed by atoms with Gasteiger partial charge in [0.15, 0.2) is 17.1 Å². The van der Waals surface area contributed by atoms with E-state index >= 15 is 0 Å². The monoisotopic (exact) mass is 542 g/mol. The maximum absolute atomic E-state index is 7.39. The predicted octanol–water partition coefficient (Wildman–Crippen LogP) is 10.4. The van der Waals surface area contributed by atoms with E-state index in [0.29, 0.717) is 0 Å². The van der Waals surface area contributed by atoms with Gasteiger partial charge in [-0.2, -0.15) is 0 Å². The Bertz CT molecular complexity index is 2170. The lowest BCUT2D eigenvalue weighted by atomic mass is 9.80. The molecule has 7 aromatic rings. The minimum Gasteiger partial charge on any atom is -0.487 e. The third kappa shape index (κ3) is 3.65. The quantitative estimate of drug-likeness (QED) is 0.206. The second-order valence-electron chi connectivity index (χ2n) is 11.4. The van der Waals surface area contributed by atoms with E-state index < -0.39 is 5.60 Å². The number of ether oxygens (including phenoxy) is 2. The molecule has 0 radical (unpaired) electrons. The zero-order valence-corrected chi connectivity index (χ0v) is 23.7. The van der Waals surface area contributed by atoms with E-state index in [9.17, 15) is 0 Å². The molecule has 0 saturated carbocycles. The lowest BCUT2D eigenvalue weighted by Gasteiger charge is -2.38. The van der Waals surface area contributed by atoms with Gasteiger partial charge in [-0.15, -0.1) is 0 Å². The van der Waals surface area contributed by atoms with Gasteiger partial charge in [0.05, 0.1) is 6.10 Å². The van der Waals surface area contributed by atoms with Gasteiger partial charge < -0.3 is 9.47 Å². The molecule has 1 heterocycles. The van der Waals surface area contributed by atoms with Crippen LogP contribution in [-0.4, -0.2) is 6.10 Å². The van der Waals surface area contributed by atoms with Crippen molar-refractivity contribution in [3.63, 3.8) is 0 Å². The number of fused-ring (bicyclic) bond motifs is 9. The van der Waals surface area contributed by atoms with Crippen LogP contribution in [0.3, 0.4) is 0 Å². The number of rotatable bonds is 4. The average Bonchev–Trinajstić information content (AvgIpc) is 3.04. The Balaban J connectivity index is 1.50. The molecule has 7 aromatic carbocycles. The Morgan fingerprint density at radius 2 is 1.19 bits per heavy atom. The molecule has 0 aromatic heterocycles. The first-order chi connectivity index (χ1) is 20.6. The normalized spacial score (nSPS) is 16.3. The Morgan fingerprint density at radius 3 is 1.93 bits per heavy atom. The number of hydrogen-bond donors (Lipinski definition) is 0. The highest BCUT2D eigenvalue weighted by molar-refractivity contribution is 6.27. The second kappa shape index (κ2) is 9.49. The molecule has 1 aliphatic heterocycles. The highest BCUT2D eigenvalue weighted by atomic mass is 16.5. The molecule has 202 valence electrons. The van der Waals surface area contributed by atoms with Crippen molar-refractivity contribution in [1.29, 1.82) is 0 Å². The fourth-order valence-corrected chi connectivity index (χ4v) is 6.74. The Morgan fingerprint density at radius 1 is 0.595 bits per heavy atom. The first-order valence-corrected chi connectivity index (χ1v) is 14.6. The standard InChI is InChI=1S/C40H30O2/c1-26(2)41-37-25-35-32-20-9-8-18-30(32)31-19-10-11-21-33(31)38(35)34-23-24-40(42-39(34)37,28-15-4-3-5-16-28)36-22-12-14-27-13-6-7-17-29(27)36/h3-26H,1-2H3. The van der Waals surface area contributed by atoms with Gasteiger partial charge in [0.25, 0.3) is 0 Å². The topological polar surface area (TPSA) is 18.5 Å². The molecule has 1 atom stereocenters. The molecule has 42 heavy (non-hydrogen) atoms. The Kier molecular flexibility index (Phi) is 5.58. The predicted molar refractivity (Wildman–Crippen MR) is 176 cm³/mol. The molecule has 2 nitrogen and oxygen atoms in total. The van der Waals surface area contributed by atoms with Crippen molar-refractivity contribution in [3.05, 3.63) is 150 Å². The van der Waals surface area contributed by atoms with Crippen LogP contribution in [0, 0.1) is 0 Å². The van der Waals surface area contributed by atoms with Gasteiger partial charge in [-0.05, 0) is 69.8 Å². The van der Waals surface area contributed by atoms with Gasteiger partial charge in [0, 0.05) is 22.1 Å². The van der Waals surface area contributed by atoms with Gasteiger partial charge in [0.1, 0.15) is 0 Å². The fraction of sp³-hybridized carbons (Fsp3) is 0.100. The van der Waals surface area contributed by atoms with Gasteiger partial charge in [0.2, 0.25) is 0 Å². The average molecular weight is 543 g/mol. The summed E-state index contributed by atoms with van der Waals surface area (Å²) in [6.45, 7) is 4.14. The summed E-state index contributed by atoms with van der Waals surface area (Å²) < 4.78 is 14.0. The zero-order valence-electron chi connectivity index (χ0n) is 23.7. The van der Waals surface area contributed by atoms with Crippen LogP contribution in [0.2, 0.25) is 0 Å². The summed E-state index contributed by atoms with van der Waals surface area (Å²) in [6, 6.07) is 45.1. The van der Waals surface area contributed by atoms with Gasteiger partial charge in [-0.3, -0.25) is 0 Å². The number of benzene rings is 7. The summed E-state index contributed by atoms with van der Waals surface area (Å²) >= 11 is 0. The van der Waals surface area contributed by atoms with Crippen molar-refractivity contribution in [2.24, 2.45) is 0 Å². The van der Waals surface area contributed by atoms with Gasteiger partial charge in [-0.1, -0.05) is 121 Å². The van der Waals surface area contributed by atoms with Crippen molar-refractivity contribution in [2.75, 3.05) is 0 Å². The Hall–Kier alpha value is -5.08. The van der Waals surface area contributed by atoms with Crippen LogP contribution in [0.25, 0.3) is 49.2 Å². The van der Waals surface area contributed by atoms with Gasteiger partial charge in [-0.25, -0.2) is 0 Å².